The third kappa shape index (κ3) is 3.57. The van der Waals surface area contributed by atoms with Crippen molar-refractivity contribution in [1.82, 2.24) is 0 Å². The second-order valence-corrected chi connectivity index (χ2v) is 5.96. The smallest absolute Gasteiger partial charge is 0.316 e. The maximum Gasteiger partial charge on any atom is 0.316 e. The topological polar surface area (TPSA) is 66.4 Å². The van der Waals surface area contributed by atoms with Crippen molar-refractivity contribution in [3.8, 4) is 0 Å². The average molecular weight is 314 g/mol. The fraction of sp³-hybridized carbons (Fsp3) is 0.385. The Morgan fingerprint density at radius 3 is 2.28 bits per heavy atom. The number of nitrogens with one attached hydrogen (secondary N) is 1. The largest absolute Gasteiger partial charge is 0.481 e. The highest BCUT2D eigenvalue weighted by Gasteiger charge is 2.37. The van der Waals surface area contributed by atoms with Crippen LogP contribution < -0.4 is 5.32 Å². The van der Waals surface area contributed by atoms with Crippen LogP contribution in [0.3, 0.4) is 0 Å². The molecule has 18 heavy (non-hydrogen) atoms. The van der Waals surface area contributed by atoms with Crippen molar-refractivity contribution >= 4 is 33.5 Å². The molecule has 1 atom stereocenters. The first kappa shape index (κ1) is 14.7. The summed E-state index contributed by atoms with van der Waals surface area (Å²) >= 11 is 3.30. The van der Waals surface area contributed by atoms with Gasteiger partial charge in [-0.3, -0.25) is 9.59 Å². The van der Waals surface area contributed by atoms with Crippen molar-refractivity contribution in [3.63, 3.8) is 0 Å². The Morgan fingerprint density at radius 1 is 1.28 bits per heavy atom. The number of hydrogen-bond donors (Lipinski definition) is 2. The van der Waals surface area contributed by atoms with Crippen molar-refractivity contribution in [3.05, 3.63) is 28.7 Å². The van der Waals surface area contributed by atoms with Gasteiger partial charge in [0.2, 0.25) is 5.91 Å². The van der Waals surface area contributed by atoms with Crippen LogP contribution in [0.2, 0.25) is 0 Å². The van der Waals surface area contributed by atoms with Crippen LogP contribution in [0.5, 0.6) is 0 Å². The zero-order valence-corrected chi connectivity index (χ0v) is 12.1. The first-order valence-electron chi connectivity index (χ1n) is 5.51. The number of carbonyl (C=O) groups is 2. The van der Waals surface area contributed by atoms with Gasteiger partial charge in [0.25, 0.3) is 0 Å². The number of anilines is 1. The Hall–Kier alpha value is -1.36. The summed E-state index contributed by atoms with van der Waals surface area (Å²) in [4.78, 5) is 23.2. The van der Waals surface area contributed by atoms with Crippen LogP contribution in [0.1, 0.15) is 20.8 Å². The van der Waals surface area contributed by atoms with E-state index in [9.17, 15) is 9.59 Å². The number of amides is 1. The SMILES string of the molecule is CC(C)(C)C(C(=O)O)C(=O)Nc1ccccc1Br. The predicted octanol–water partition coefficient (Wildman–Crippen LogP) is 3.13. The molecule has 0 fully saturated rings. The van der Waals surface area contributed by atoms with E-state index in [1.807, 2.05) is 6.07 Å². The first-order chi connectivity index (χ1) is 8.23. The molecule has 0 aliphatic carbocycles. The Morgan fingerprint density at radius 2 is 1.83 bits per heavy atom. The molecule has 0 radical (unpaired) electrons. The van der Waals surface area contributed by atoms with Gasteiger partial charge < -0.3 is 10.4 Å². The van der Waals surface area contributed by atoms with Crippen LogP contribution in [0.4, 0.5) is 5.69 Å². The second-order valence-electron chi connectivity index (χ2n) is 5.11. The second kappa shape index (κ2) is 5.52. The Balaban J connectivity index is 2.94. The molecule has 0 spiro atoms. The Kier molecular flexibility index (Phi) is 4.51. The normalized spacial score (nSPS) is 12.9. The lowest BCUT2D eigenvalue weighted by molar-refractivity contribution is -0.149. The number of carboxylic acid groups (broad SMARTS) is 1. The van der Waals surface area contributed by atoms with Crippen molar-refractivity contribution in [1.29, 1.82) is 0 Å². The van der Waals surface area contributed by atoms with E-state index in [1.165, 1.54) is 0 Å². The molecule has 0 saturated heterocycles. The number of carboxylic acids is 1. The number of hydrogen-bond acceptors (Lipinski definition) is 2. The molecular weight excluding hydrogens is 298 g/mol. The number of carbonyl (C=O) groups excluding carboxylic acids is 1. The summed E-state index contributed by atoms with van der Waals surface area (Å²) in [6, 6.07) is 7.08. The summed E-state index contributed by atoms with van der Waals surface area (Å²) in [5.41, 5.74) is -0.0741. The molecule has 1 amide bonds. The third-order valence-corrected chi connectivity index (χ3v) is 3.20. The molecule has 2 N–H and O–H groups in total. The summed E-state index contributed by atoms with van der Waals surface area (Å²) in [6.07, 6.45) is 0. The van der Waals surface area contributed by atoms with E-state index in [-0.39, 0.29) is 0 Å². The predicted molar refractivity (Wildman–Crippen MR) is 73.4 cm³/mol. The number of halogens is 1. The standard InChI is InChI=1S/C13H16BrNO3/c1-13(2,3)10(12(17)18)11(16)15-9-7-5-4-6-8(9)14/h4-7,10H,1-3H3,(H,15,16)(H,17,18). The van der Waals surface area contributed by atoms with Crippen molar-refractivity contribution < 1.29 is 14.7 Å². The van der Waals surface area contributed by atoms with Gasteiger partial charge in [-0.25, -0.2) is 0 Å². The van der Waals surface area contributed by atoms with Gasteiger partial charge in [0, 0.05) is 4.47 Å². The van der Waals surface area contributed by atoms with E-state index in [1.54, 1.807) is 39.0 Å². The quantitative estimate of drug-likeness (QED) is 0.842. The molecule has 4 nitrogen and oxygen atoms in total. The summed E-state index contributed by atoms with van der Waals surface area (Å²) in [7, 11) is 0. The van der Waals surface area contributed by atoms with E-state index in [0.717, 1.165) is 4.47 Å². The molecular formula is C13H16BrNO3. The van der Waals surface area contributed by atoms with Crippen molar-refractivity contribution in [2.45, 2.75) is 20.8 Å². The van der Waals surface area contributed by atoms with Gasteiger partial charge in [-0.1, -0.05) is 32.9 Å². The average Bonchev–Trinajstić information content (AvgIpc) is 2.18. The summed E-state index contributed by atoms with van der Waals surface area (Å²) in [5, 5.41) is 11.8. The van der Waals surface area contributed by atoms with Gasteiger partial charge in [0.1, 0.15) is 5.92 Å². The lowest BCUT2D eigenvalue weighted by Crippen LogP contribution is -2.39. The molecule has 1 aromatic rings. The molecule has 0 aromatic heterocycles. The third-order valence-electron chi connectivity index (χ3n) is 2.51. The van der Waals surface area contributed by atoms with Gasteiger partial charge in [0.05, 0.1) is 5.69 Å². The van der Waals surface area contributed by atoms with Crippen LogP contribution in [0.25, 0.3) is 0 Å². The maximum atomic E-state index is 12.0. The van der Waals surface area contributed by atoms with Gasteiger partial charge in [-0.05, 0) is 33.5 Å². The Bertz CT molecular complexity index is 466. The zero-order valence-electron chi connectivity index (χ0n) is 10.5. The van der Waals surface area contributed by atoms with Crippen LogP contribution >= 0.6 is 15.9 Å². The fourth-order valence-electron chi connectivity index (χ4n) is 1.64. The number of rotatable bonds is 3. The summed E-state index contributed by atoms with van der Waals surface area (Å²) in [6.45, 7) is 5.18. The van der Waals surface area contributed by atoms with E-state index < -0.39 is 23.2 Å². The number of para-hydroxylation sites is 1. The monoisotopic (exact) mass is 313 g/mol. The molecule has 1 unspecified atom stereocenters. The van der Waals surface area contributed by atoms with Crippen LogP contribution in [0.15, 0.2) is 28.7 Å². The van der Waals surface area contributed by atoms with Crippen molar-refractivity contribution in [2.24, 2.45) is 11.3 Å². The van der Waals surface area contributed by atoms with Gasteiger partial charge >= 0.3 is 5.97 Å². The molecule has 0 bridgehead atoms. The molecule has 5 heteroatoms. The summed E-state index contributed by atoms with van der Waals surface area (Å²) < 4.78 is 0.719. The van der Waals surface area contributed by atoms with E-state index in [4.69, 9.17) is 5.11 Å². The van der Waals surface area contributed by atoms with E-state index in [2.05, 4.69) is 21.2 Å². The lowest BCUT2D eigenvalue weighted by atomic mass is 9.80. The molecule has 0 aliphatic rings. The number of benzene rings is 1. The lowest BCUT2D eigenvalue weighted by Gasteiger charge is -2.26. The van der Waals surface area contributed by atoms with Crippen LogP contribution in [0, 0.1) is 11.3 Å². The maximum absolute atomic E-state index is 12.0. The van der Waals surface area contributed by atoms with Gasteiger partial charge in [0.15, 0.2) is 0 Å². The van der Waals surface area contributed by atoms with E-state index in [0.29, 0.717) is 5.69 Å². The highest BCUT2D eigenvalue weighted by Crippen LogP contribution is 2.29. The minimum Gasteiger partial charge on any atom is -0.481 e. The van der Waals surface area contributed by atoms with Crippen LogP contribution in [-0.2, 0) is 9.59 Å². The minimum absolute atomic E-state index is 0.512. The van der Waals surface area contributed by atoms with Crippen molar-refractivity contribution in [2.75, 3.05) is 5.32 Å². The highest BCUT2D eigenvalue weighted by molar-refractivity contribution is 9.10. The molecule has 1 rings (SSSR count). The fourth-order valence-corrected chi connectivity index (χ4v) is 2.03. The highest BCUT2D eigenvalue weighted by atomic mass is 79.9. The molecule has 98 valence electrons. The molecule has 0 heterocycles. The first-order valence-corrected chi connectivity index (χ1v) is 6.31. The number of aliphatic carboxylic acids is 1. The molecule has 0 saturated carbocycles. The summed E-state index contributed by atoms with van der Waals surface area (Å²) in [5.74, 6) is -2.72. The molecule has 1 aromatic carbocycles. The van der Waals surface area contributed by atoms with Crippen LogP contribution in [-0.4, -0.2) is 17.0 Å². The van der Waals surface area contributed by atoms with E-state index >= 15 is 0 Å². The van der Waals surface area contributed by atoms with Gasteiger partial charge in [-0.2, -0.15) is 0 Å². The minimum atomic E-state index is -1.12. The molecule has 0 aliphatic heterocycles. The van der Waals surface area contributed by atoms with Gasteiger partial charge in [-0.15, -0.1) is 0 Å². The zero-order chi connectivity index (χ0) is 13.9. The Labute approximate surface area is 115 Å².